The van der Waals surface area contributed by atoms with Gasteiger partial charge in [-0.1, -0.05) is 58.0 Å². The molecule has 1 aromatic heterocycles. The molecule has 0 radical (unpaired) electrons. The molecular weight excluding hydrogens is 386 g/mol. The van der Waals surface area contributed by atoms with Crippen LogP contribution in [0.1, 0.15) is 10.4 Å². The lowest BCUT2D eigenvalue weighted by atomic mass is 10.1. The van der Waals surface area contributed by atoms with Crippen LogP contribution < -0.4 is 0 Å². The van der Waals surface area contributed by atoms with Gasteiger partial charge in [0, 0.05) is 5.56 Å². The van der Waals surface area contributed by atoms with Crippen molar-refractivity contribution in [3.8, 4) is 11.3 Å². The number of halogens is 6. The Balaban J connectivity index is 2.74. The van der Waals surface area contributed by atoms with Crippen LogP contribution in [-0.4, -0.2) is 16.1 Å². The third-order valence-electron chi connectivity index (χ3n) is 2.55. The molecule has 1 aromatic carbocycles. The summed E-state index contributed by atoms with van der Waals surface area (Å²) in [7, 11) is 0. The van der Waals surface area contributed by atoms with Gasteiger partial charge in [-0.25, -0.2) is 9.78 Å². The number of pyridine rings is 1. The smallest absolute Gasteiger partial charge is 0.340 e. The van der Waals surface area contributed by atoms with E-state index < -0.39 is 17.5 Å². The molecule has 21 heavy (non-hydrogen) atoms. The van der Waals surface area contributed by atoms with Gasteiger partial charge in [-0.15, -0.1) is 0 Å². The first-order valence-electron chi connectivity index (χ1n) is 5.17. The highest BCUT2D eigenvalue weighted by Gasteiger charge is 2.22. The van der Waals surface area contributed by atoms with E-state index in [9.17, 15) is 9.18 Å². The molecule has 0 fully saturated rings. The number of hydrogen-bond acceptors (Lipinski definition) is 2. The Labute approximate surface area is 143 Å². The normalized spacial score (nSPS) is 10.8. The van der Waals surface area contributed by atoms with Crippen LogP contribution in [0.2, 0.25) is 25.1 Å². The highest BCUT2D eigenvalue weighted by atomic mass is 35.5. The number of benzene rings is 1. The van der Waals surface area contributed by atoms with Crippen molar-refractivity contribution in [2.24, 2.45) is 0 Å². The molecule has 0 saturated heterocycles. The second-order valence-electron chi connectivity index (χ2n) is 3.78. The van der Waals surface area contributed by atoms with Gasteiger partial charge in [0.1, 0.15) is 5.56 Å². The van der Waals surface area contributed by atoms with Crippen molar-refractivity contribution in [1.82, 2.24) is 4.98 Å². The topological polar surface area (TPSA) is 50.2 Å². The Morgan fingerprint density at radius 1 is 0.952 bits per heavy atom. The van der Waals surface area contributed by atoms with Crippen molar-refractivity contribution in [2.45, 2.75) is 0 Å². The van der Waals surface area contributed by atoms with Gasteiger partial charge < -0.3 is 5.11 Å². The van der Waals surface area contributed by atoms with Gasteiger partial charge in [-0.3, -0.25) is 0 Å². The second kappa shape index (κ2) is 6.15. The highest BCUT2D eigenvalue weighted by Crippen LogP contribution is 2.47. The van der Waals surface area contributed by atoms with Gasteiger partial charge in [0.05, 0.1) is 30.8 Å². The Kier molecular flexibility index (Phi) is 4.85. The molecule has 9 heteroatoms. The zero-order chi connectivity index (χ0) is 15.9. The summed E-state index contributed by atoms with van der Waals surface area (Å²) >= 11 is 29.7. The first-order valence-corrected chi connectivity index (χ1v) is 7.06. The van der Waals surface area contributed by atoms with Crippen LogP contribution in [-0.2, 0) is 0 Å². The van der Waals surface area contributed by atoms with Crippen molar-refractivity contribution in [1.29, 1.82) is 0 Å². The van der Waals surface area contributed by atoms with E-state index in [2.05, 4.69) is 4.98 Å². The van der Waals surface area contributed by atoms with Crippen molar-refractivity contribution in [3.05, 3.63) is 48.8 Å². The Morgan fingerprint density at radius 3 is 1.86 bits per heavy atom. The molecule has 0 amide bonds. The summed E-state index contributed by atoms with van der Waals surface area (Å²) in [4.78, 5) is 14.3. The van der Waals surface area contributed by atoms with Crippen LogP contribution in [0.25, 0.3) is 11.3 Å². The lowest BCUT2D eigenvalue weighted by Crippen LogP contribution is -2.03. The molecule has 0 aliphatic carbocycles. The van der Waals surface area contributed by atoms with Crippen molar-refractivity contribution >= 4 is 64.0 Å². The Bertz CT molecular complexity index is 737. The van der Waals surface area contributed by atoms with Gasteiger partial charge in [-0.05, 0) is 12.1 Å². The van der Waals surface area contributed by atoms with Gasteiger partial charge in [0.2, 0.25) is 5.95 Å². The maximum atomic E-state index is 13.7. The standard InChI is InChI=1S/C12H3Cl5FNO2/c13-6-5(7(14)9(16)10(17)8(6)15)4-2-1-3(12(20)21)11(18)19-4/h1-2H,(H,20,21). The largest absolute Gasteiger partial charge is 0.478 e. The number of aromatic nitrogens is 1. The van der Waals surface area contributed by atoms with Crippen molar-refractivity contribution in [3.63, 3.8) is 0 Å². The van der Waals surface area contributed by atoms with Gasteiger partial charge in [0.25, 0.3) is 0 Å². The zero-order valence-electron chi connectivity index (χ0n) is 9.73. The summed E-state index contributed by atoms with van der Waals surface area (Å²) < 4.78 is 13.7. The molecular formula is C12H3Cl5FNO2. The first kappa shape index (κ1) is 16.6. The van der Waals surface area contributed by atoms with Crippen LogP contribution in [0, 0.1) is 5.95 Å². The molecule has 3 nitrogen and oxygen atoms in total. The minimum Gasteiger partial charge on any atom is -0.478 e. The van der Waals surface area contributed by atoms with Gasteiger partial charge >= 0.3 is 5.97 Å². The average molecular weight is 389 g/mol. The fourth-order valence-corrected chi connectivity index (χ4v) is 2.89. The van der Waals surface area contributed by atoms with Crippen LogP contribution in [0.5, 0.6) is 0 Å². The third-order valence-corrected chi connectivity index (χ3v) is 4.82. The average Bonchev–Trinajstić information content (AvgIpc) is 2.43. The van der Waals surface area contributed by atoms with E-state index in [1.807, 2.05) is 0 Å². The molecule has 0 aliphatic rings. The molecule has 2 rings (SSSR count). The Morgan fingerprint density at radius 2 is 1.43 bits per heavy atom. The Hall–Kier alpha value is -0.780. The molecule has 0 atom stereocenters. The molecule has 0 unspecified atom stereocenters. The molecule has 0 spiro atoms. The quantitative estimate of drug-likeness (QED) is 0.398. The number of aromatic carboxylic acids is 1. The lowest BCUT2D eigenvalue weighted by Gasteiger charge is -2.12. The van der Waals surface area contributed by atoms with Gasteiger partial charge in [0.15, 0.2) is 0 Å². The van der Waals surface area contributed by atoms with E-state index in [1.54, 1.807) is 0 Å². The molecule has 1 N–H and O–H groups in total. The number of carboxylic acid groups (broad SMARTS) is 1. The monoisotopic (exact) mass is 387 g/mol. The zero-order valence-corrected chi connectivity index (χ0v) is 13.5. The summed E-state index contributed by atoms with van der Waals surface area (Å²) in [6.45, 7) is 0. The molecule has 2 aromatic rings. The van der Waals surface area contributed by atoms with E-state index in [1.165, 1.54) is 6.07 Å². The summed E-state index contributed by atoms with van der Waals surface area (Å²) in [5.41, 5.74) is -0.543. The summed E-state index contributed by atoms with van der Waals surface area (Å²) in [6.07, 6.45) is 0. The van der Waals surface area contributed by atoms with E-state index in [4.69, 9.17) is 63.1 Å². The predicted octanol–water partition coefficient (Wildman–Crippen LogP) is 5.85. The molecule has 110 valence electrons. The molecule has 1 heterocycles. The number of hydrogen-bond donors (Lipinski definition) is 1. The van der Waals surface area contributed by atoms with Crippen LogP contribution in [0.15, 0.2) is 12.1 Å². The summed E-state index contributed by atoms with van der Waals surface area (Å²) in [6, 6.07) is 2.27. The molecule has 0 bridgehead atoms. The van der Waals surface area contributed by atoms with E-state index in [0.29, 0.717) is 0 Å². The molecule has 0 saturated carbocycles. The maximum absolute atomic E-state index is 13.7. The predicted molar refractivity (Wildman–Crippen MR) is 81.6 cm³/mol. The van der Waals surface area contributed by atoms with Crippen molar-refractivity contribution in [2.75, 3.05) is 0 Å². The SMILES string of the molecule is O=C(O)c1ccc(-c2c(Cl)c(Cl)c(Cl)c(Cl)c2Cl)nc1F. The second-order valence-corrected chi connectivity index (χ2v) is 5.67. The third kappa shape index (κ3) is 2.91. The number of carbonyl (C=O) groups is 1. The van der Waals surface area contributed by atoms with Crippen molar-refractivity contribution < 1.29 is 14.3 Å². The number of nitrogens with zero attached hydrogens (tertiary/aromatic N) is 1. The van der Waals surface area contributed by atoms with E-state index in [-0.39, 0.29) is 36.4 Å². The van der Waals surface area contributed by atoms with Crippen LogP contribution in [0.3, 0.4) is 0 Å². The fraction of sp³-hybridized carbons (Fsp3) is 0. The van der Waals surface area contributed by atoms with E-state index in [0.717, 1.165) is 6.07 Å². The first-order chi connectivity index (χ1) is 9.75. The maximum Gasteiger partial charge on any atom is 0.340 e. The molecule has 0 aliphatic heterocycles. The lowest BCUT2D eigenvalue weighted by molar-refractivity contribution is 0.0691. The highest BCUT2D eigenvalue weighted by molar-refractivity contribution is 6.56. The summed E-state index contributed by atoms with van der Waals surface area (Å²) in [5.74, 6) is -2.63. The fourth-order valence-electron chi connectivity index (χ4n) is 1.56. The van der Waals surface area contributed by atoms with Crippen LogP contribution >= 0.6 is 58.0 Å². The van der Waals surface area contributed by atoms with Crippen LogP contribution in [0.4, 0.5) is 4.39 Å². The minimum atomic E-state index is -1.45. The minimum absolute atomic E-state index is 0.0204. The van der Waals surface area contributed by atoms with Gasteiger partial charge in [-0.2, -0.15) is 4.39 Å². The summed E-state index contributed by atoms with van der Waals surface area (Å²) in [5, 5.41) is 8.47. The number of carboxylic acids is 1. The number of rotatable bonds is 2. The van der Waals surface area contributed by atoms with E-state index >= 15 is 0 Å².